The molecule has 0 aromatic heterocycles. The predicted octanol–water partition coefficient (Wildman–Crippen LogP) is 1.29. The number of sulfonamides is 1. The minimum Gasteiger partial charge on any atom is -0.212 e. The van der Waals surface area contributed by atoms with Gasteiger partial charge in [-0.1, -0.05) is 6.92 Å². The topological polar surface area (TPSA) is 37.4 Å². The Balaban J connectivity index is 3.88. The second-order valence-corrected chi connectivity index (χ2v) is 5.20. The Hall–Kier alpha value is 0.200. The Morgan fingerprint density at radius 3 is 2.33 bits per heavy atom. The van der Waals surface area contributed by atoms with Crippen molar-refractivity contribution in [2.45, 2.75) is 19.8 Å². The van der Waals surface area contributed by atoms with Gasteiger partial charge in [-0.25, -0.2) is 12.7 Å². The Morgan fingerprint density at radius 2 is 1.92 bits per heavy atom. The van der Waals surface area contributed by atoms with Crippen molar-refractivity contribution in [3.05, 3.63) is 0 Å². The minimum atomic E-state index is -3.01. The molecule has 0 aromatic rings. The van der Waals surface area contributed by atoms with Crippen LogP contribution in [-0.2, 0) is 10.0 Å². The normalized spacial score (nSPS) is 12.3. The molecule has 0 spiro atoms. The van der Waals surface area contributed by atoms with E-state index in [0.717, 1.165) is 6.42 Å². The monoisotopic (exact) mass is 213 g/mol. The summed E-state index contributed by atoms with van der Waals surface area (Å²) < 4.78 is 24.0. The maximum Gasteiger partial charge on any atom is 0.213 e. The van der Waals surface area contributed by atoms with Gasteiger partial charge in [0.15, 0.2) is 0 Å². The van der Waals surface area contributed by atoms with E-state index >= 15 is 0 Å². The summed E-state index contributed by atoms with van der Waals surface area (Å²) in [7, 11) is -1.41. The van der Waals surface area contributed by atoms with Crippen LogP contribution in [0.2, 0.25) is 0 Å². The molecule has 12 heavy (non-hydrogen) atoms. The lowest BCUT2D eigenvalue weighted by Gasteiger charge is -2.13. The molecule has 0 aliphatic heterocycles. The highest BCUT2D eigenvalue weighted by Gasteiger charge is 2.14. The van der Waals surface area contributed by atoms with Crippen molar-refractivity contribution in [3.8, 4) is 0 Å². The largest absolute Gasteiger partial charge is 0.213 e. The molecule has 0 aliphatic carbocycles. The number of unbranched alkanes of at least 4 members (excludes halogenated alkanes) is 1. The quantitative estimate of drug-likeness (QED) is 0.493. The fraction of sp³-hybridized carbons (Fsp3) is 1.00. The lowest BCUT2D eigenvalue weighted by Crippen LogP contribution is -2.28. The number of hydrogen-bond donors (Lipinski definition) is 0. The van der Waals surface area contributed by atoms with Gasteiger partial charge in [-0.3, -0.25) is 0 Å². The molecule has 0 aromatic carbocycles. The smallest absolute Gasteiger partial charge is 0.212 e. The zero-order valence-electron chi connectivity index (χ0n) is 7.59. The van der Waals surface area contributed by atoms with Crippen molar-refractivity contribution < 1.29 is 8.42 Å². The third-order valence-electron chi connectivity index (χ3n) is 1.71. The number of nitrogens with zero attached hydrogens (tertiary/aromatic N) is 1. The Morgan fingerprint density at radius 1 is 1.33 bits per heavy atom. The van der Waals surface area contributed by atoms with Crippen LogP contribution >= 0.6 is 11.6 Å². The van der Waals surface area contributed by atoms with Gasteiger partial charge in [0.05, 0.1) is 5.75 Å². The molecule has 0 amide bonds. The molecule has 0 N–H and O–H groups in total. The van der Waals surface area contributed by atoms with E-state index in [-0.39, 0.29) is 5.75 Å². The second kappa shape index (κ2) is 5.78. The summed E-state index contributed by atoms with van der Waals surface area (Å²) in [5.74, 6) is 0.745. The molecule has 5 heteroatoms. The van der Waals surface area contributed by atoms with Crippen LogP contribution in [0.5, 0.6) is 0 Å². The molecule has 0 aliphatic rings. The van der Waals surface area contributed by atoms with Crippen molar-refractivity contribution in [3.63, 3.8) is 0 Å². The molecule has 0 atom stereocenters. The number of rotatable bonds is 6. The van der Waals surface area contributed by atoms with Gasteiger partial charge in [0, 0.05) is 19.5 Å². The summed E-state index contributed by atoms with van der Waals surface area (Å²) in [4.78, 5) is 0. The van der Waals surface area contributed by atoms with Crippen molar-refractivity contribution >= 4 is 21.6 Å². The first-order valence-electron chi connectivity index (χ1n) is 4.04. The standard InChI is InChI=1S/C7H16ClNO2S/c1-3-9(2)12(10,11)7-5-4-6-8/h3-7H2,1-2H3. The van der Waals surface area contributed by atoms with Crippen LogP contribution in [0, 0.1) is 0 Å². The van der Waals surface area contributed by atoms with E-state index in [9.17, 15) is 8.42 Å². The minimum absolute atomic E-state index is 0.212. The molecule has 0 bridgehead atoms. The van der Waals surface area contributed by atoms with E-state index in [0.29, 0.717) is 18.8 Å². The average molecular weight is 214 g/mol. The Labute approximate surface area is 79.8 Å². The fourth-order valence-corrected chi connectivity index (χ4v) is 2.19. The third kappa shape index (κ3) is 4.28. The summed E-state index contributed by atoms with van der Waals surface area (Å²) in [6.45, 7) is 2.35. The van der Waals surface area contributed by atoms with Crippen LogP contribution in [-0.4, -0.2) is 37.9 Å². The van der Waals surface area contributed by atoms with Crippen LogP contribution in [0.4, 0.5) is 0 Å². The summed E-state index contributed by atoms with van der Waals surface area (Å²) in [5, 5.41) is 0. The van der Waals surface area contributed by atoms with Gasteiger partial charge in [0.1, 0.15) is 0 Å². The molecular weight excluding hydrogens is 198 g/mol. The lowest BCUT2D eigenvalue weighted by atomic mass is 10.4. The van der Waals surface area contributed by atoms with Crippen LogP contribution < -0.4 is 0 Å². The SMILES string of the molecule is CCN(C)S(=O)(=O)CCCCCl. The molecule has 0 unspecified atom stereocenters. The van der Waals surface area contributed by atoms with Crippen molar-refractivity contribution in [1.82, 2.24) is 4.31 Å². The number of hydrogen-bond acceptors (Lipinski definition) is 2. The van der Waals surface area contributed by atoms with E-state index < -0.39 is 10.0 Å². The third-order valence-corrected chi connectivity index (χ3v) is 3.99. The van der Waals surface area contributed by atoms with E-state index in [1.807, 2.05) is 6.92 Å². The molecule has 0 saturated carbocycles. The van der Waals surface area contributed by atoms with Gasteiger partial charge < -0.3 is 0 Å². The van der Waals surface area contributed by atoms with Crippen LogP contribution in [0.15, 0.2) is 0 Å². The first-order valence-corrected chi connectivity index (χ1v) is 6.19. The van der Waals surface area contributed by atoms with Gasteiger partial charge in [-0.15, -0.1) is 11.6 Å². The predicted molar refractivity (Wildman–Crippen MR) is 52.0 cm³/mol. The molecule has 0 saturated heterocycles. The first-order chi connectivity index (χ1) is 5.54. The lowest BCUT2D eigenvalue weighted by molar-refractivity contribution is 0.484. The second-order valence-electron chi connectivity index (χ2n) is 2.63. The Bertz CT molecular complexity index is 203. The van der Waals surface area contributed by atoms with Crippen LogP contribution in [0.1, 0.15) is 19.8 Å². The fourth-order valence-electron chi connectivity index (χ4n) is 0.731. The molecule has 3 nitrogen and oxygen atoms in total. The number of halogens is 1. The maximum absolute atomic E-state index is 11.3. The molecule has 0 rings (SSSR count). The zero-order chi connectivity index (χ0) is 9.61. The van der Waals surface area contributed by atoms with Crippen molar-refractivity contribution in [2.24, 2.45) is 0 Å². The Kier molecular flexibility index (Phi) is 5.88. The van der Waals surface area contributed by atoms with Gasteiger partial charge in [-0.05, 0) is 12.8 Å². The molecular formula is C7H16ClNO2S. The molecule has 0 heterocycles. The summed E-state index contributed by atoms with van der Waals surface area (Å²) in [6, 6.07) is 0. The van der Waals surface area contributed by atoms with E-state index in [1.165, 1.54) is 4.31 Å². The number of alkyl halides is 1. The average Bonchev–Trinajstić information content (AvgIpc) is 2.03. The van der Waals surface area contributed by atoms with Gasteiger partial charge >= 0.3 is 0 Å². The van der Waals surface area contributed by atoms with Crippen molar-refractivity contribution in [1.29, 1.82) is 0 Å². The summed E-state index contributed by atoms with van der Waals surface area (Å²) in [5.41, 5.74) is 0. The first kappa shape index (κ1) is 12.2. The van der Waals surface area contributed by atoms with Crippen molar-refractivity contribution in [2.75, 3.05) is 25.2 Å². The molecule has 74 valence electrons. The highest BCUT2D eigenvalue weighted by molar-refractivity contribution is 7.89. The van der Waals surface area contributed by atoms with Crippen LogP contribution in [0.25, 0.3) is 0 Å². The summed E-state index contributed by atoms with van der Waals surface area (Å²) >= 11 is 5.44. The van der Waals surface area contributed by atoms with Crippen LogP contribution in [0.3, 0.4) is 0 Å². The maximum atomic E-state index is 11.3. The molecule has 0 fully saturated rings. The highest BCUT2D eigenvalue weighted by Crippen LogP contribution is 2.02. The van der Waals surface area contributed by atoms with E-state index in [2.05, 4.69) is 0 Å². The van der Waals surface area contributed by atoms with Gasteiger partial charge in [-0.2, -0.15) is 0 Å². The van der Waals surface area contributed by atoms with Gasteiger partial charge in [0.2, 0.25) is 10.0 Å². The zero-order valence-corrected chi connectivity index (χ0v) is 9.16. The van der Waals surface area contributed by atoms with E-state index in [1.54, 1.807) is 7.05 Å². The van der Waals surface area contributed by atoms with Gasteiger partial charge in [0.25, 0.3) is 0 Å². The molecule has 0 radical (unpaired) electrons. The highest BCUT2D eigenvalue weighted by atomic mass is 35.5. The summed E-state index contributed by atoms with van der Waals surface area (Å²) in [6.07, 6.45) is 1.41. The van der Waals surface area contributed by atoms with E-state index in [4.69, 9.17) is 11.6 Å².